The SMILES string of the molecule is CC(C)CNC(C(=O)O)c1cncn1C1CC1. The number of carboxylic acid groups (broad SMARTS) is 1. The Bertz CT molecular complexity index is 396. The monoisotopic (exact) mass is 237 g/mol. The summed E-state index contributed by atoms with van der Waals surface area (Å²) in [6, 6.07) is -0.198. The normalized spacial score (nSPS) is 17.4. The first-order chi connectivity index (χ1) is 8.09. The van der Waals surface area contributed by atoms with Crippen molar-refractivity contribution in [1.82, 2.24) is 14.9 Å². The first kappa shape index (κ1) is 12.1. The van der Waals surface area contributed by atoms with Crippen molar-refractivity contribution in [3.05, 3.63) is 18.2 Å². The van der Waals surface area contributed by atoms with Crippen molar-refractivity contribution in [3.63, 3.8) is 0 Å². The molecule has 0 aromatic carbocycles. The standard InChI is InChI=1S/C12H19N3O2/c1-8(2)5-14-11(12(16)17)10-6-13-7-15(10)9-3-4-9/h6-9,11,14H,3-5H2,1-2H3,(H,16,17). The molecule has 1 aromatic rings. The van der Waals surface area contributed by atoms with E-state index in [-0.39, 0.29) is 0 Å². The molecular weight excluding hydrogens is 218 g/mol. The Hall–Kier alpha value is -1.36. The molecule has 1 fully saturated rings. The average Bonchev–Trinajstić information content (AvgIpc) is 2.98. The smallest absolute Gasteiger partial charge is 0.326 e. The van der Waals surface area contributed by atoms with E-state index >= 15 is 0 Å². The molecule has 1 aliphatic rings. The summed E-state index contributed by atoms with van der Waals surface area (Å²) in [5.74, 6) is -0.415. The Morgan fingerprint density at radius 3 is 2.88 bits per heavy atom. The Balaban J connectivity index is 2.13. The van der Waals surface area contributed by atoms with Gasteiger partial charge in [-0.15, -0.1) is 0 Å². The molecule has 1 saturated carbocycles. The van der Waals surface area contributed by atoms with Gasteiger partial charge in [-0.2, -0.15) is 0 Å². The number of hydrogen-bond acceptors (Lipinski definition) is 3. The van der Waals surface area contributed by atoms with Crippen molar-refractivity contribution >= 4 is 5.97 Å². The molecule has 2 rings (SSSR count). The lowest BCUT2D eigenvalue weighted by atomic mass is 10.1. The Kier molecular flexibility index (Phi) is 3.47. The van der Waals surface area contributed by atoms with E-state index in [9.17, 15) is 9.90 Å². The number of imidazole rings is 1. The van der Waals surface area contributed by atoms with E-state index < -0.39 is 12.0 Å². The highest BCUT2D eigenvalue weighted by molar-refractivity contribution is 5.74. The highest BCUT2D eigenvalue weighted by atomic mass is 16.4. The number of carbonyl (C=O) groups is 1. The molecule has 5 heteroatoms. The molecule has 1 heterocycles. The minimum Gasteiger partial charge on any atom is -0.480 e. The van der Waals surface area contributed by atoms with Crippen molar-refractivity contribution in [2.24, 2.45) is 5.92 Å². The van der Waals surface area contributed by atoms with Gasteiger partial charge in [0.2, 0.25) is 0 Å². The van der Waals surface area contributed by atoms with E-state index in [0.717, 1.165) is 18.5 Å². The van der Waals surface area contributed by atoms with E-state index in [1.165, 1.54) is 0 Å². The van der Waals surface area contributed by atoms with Crippen LogP contribution in [0.5, 0.6) is 0 Å². The Morgan fingerprint density at radius 1 is 1.65 bits per heavy atom. The summed E-state index contributed by atoms with van der Waals surface area (Å²) in [5.41, 5.74) is 0.764. The number of aromatic nitrogens is 2. The Morgan fingerprint density at radius 2 is 2.35 bits per heavy atom. The van der Waals surface area contributed by atoms with Crippen LogP contribution in [0.4, 0.5) is 0 Å². The van der Waals surface area contributed by atoms with Gasteiger partial charge in [0.05, 0.1) is 18.2 Å². The molecule has 0 radical (unpaired) electrons. The highest BCUT2D eigenvalue weighted by Crippen LogP contribution is 2.36. The van der Waals surface area contributed by atoms with Gasteiger partial charge in [-0.3, -0.25) is 10.1 Å². The second-order valence-corrected chi connectivity index (χ2v) is 5.03. The van der Waals surface area contributed by atoms with E-state index in [1.54, 1.807) is 12.5 Å². The molecule has 1 aliphatic carbocycles. The summed E-state index contributed by atoms with van der Waals surface area (Å²) in [6.45, 7) is 4.81. The van der Waals surface area contributed by atoms with Crippen molar-refractivity contribution in [2.45, 2.75) is 38.8 Å². The zero-order valence-electron chi connectivity index (χ0n) is 10.3. The van der Waals surface area contributed by atoms with Gasteiger partial charge in [-0.1, -0.05) is 13.8 Å². The highest BCUT2D eigenvalue weighted by Gasteiger charge is 2.30. The van der Waals surface area contributed by atoms with Crippen LogP contribution >= 0.6 is 0 Å². The van der Waals surface area contributed by atoms with E-state index in [0.29, 0.717) is 18.5 Å². The lowest BCUT2D eigenvalue weighted by Gasteiger charge is -2.17. The molecule has 94 valence electrons. The van der Waals surface area contributed by atoms with E-state index in [1.807, 2.05) is 4.57 Å². The van der Waals surface area contributed by atoms with Crippen LogP contribution in [0.2, 0.25) is 0 Å². The Labute approximate surface area is 101 Å². The van der Waals surface area contributed by atoms with Crippen LogP contribution in [0, 0.1) is 5.92 Å². The van der Waals surface area contributed by atoms with Crippen molar-refractivity contribution in [2.75, 3.05) is 6.54 Å². The molecule has 17 heavy (non-hydrogen) atoms. The van der Waals surface area contributed by atoms with E-state index in [2.05, 4.69) is 24.1 Å². The van der Waals surface area contributed by atoms with Crippen molar-refractivity contribution in [1.29, 1.82) is 0 Å². The summed E-state index contributed by atoms with van der Waals surface area (Å²) < 4.78 is 1.99. The largest absolute Gasteiger partial charge is 0.480 e. The molecule has 5 nitrogen and oxygen atoms in total. The molecule has 0 aliphatic heterocycles. The lowest BCUT2D eigenvalue weighted by Crippen LogP contribution is -2.32. The van der Waals surface area contributed by atoms with E-state index in [4.69, 9.17) is 0 Å². The van der Waals surface area contributed by atoms with Crippen LogP contribution in [-0.4, -0.2) is 27.2 Å². The second-order valence-electron chi connectivity index (χ2n) is 5.03. The summed E-state index contributed by atoms with van der Waals surface area (Å²) in [4.78, 5) is 15.4. The molecular formula is C12H19N3O2. The quantitative estimate of drug-likeness (QED) is 0.788. The van der Waals surface area contributed by atoms with Gasteiger partial charge in [-0.05, 0) is 25.3 Å². The predicted octanol–water partition coefficient (Wildman–Crippen LogP) is 1.59. The van der Waals surface area contributed by atoms with Crippen LogP contribution < -0.4 is 5.32 Å². The van der Waals surface area contributed by atoms with Crippen LogP contribution in [0.3, 0.4) is 0 Å². The molecule has 0 bridgehead atoms. The maximum Gasteiger partial charge on any atom is 0.326 e. The second kappa shape index (κ2) is 4.87. The summed E-state index contributed by atoms with van der Waals surface area (Å²) in [7, 11) is 0. The summed E-state index contributed by atoms with van der Waals surface area (Å²) in [5, 5.41) is 12.4. The van der Waals surface area contributed by atoms with Gasteiger partial charge in [0, 0.05) is 6.04 Å². The summed E-state index contributed by atoms with van der Waals surface area (Å²) >= 11 is 0. The first-order valence-electron chi connectivity index (χ1n) is 6.07. The lowest BCUT2D eigenvalue weighted by molar-refractivity contribution is -0.139. The fourth-order valence-corrected chi connectivity index (χ4v) is 1.87. The number of carboxylic acids is 1. The van der Waals surface area contributed by atoms with Crippen LogP contribution in [-0.2, 0) is 4.79 Å². The minimum atomic E-state index is -0.840. The number of hydrogen-bond donors (Lipinski definition) is 2. The van der Waals surface area contributed by atoms with Crippen molar-refractivity contribution < 1.29 is 9.90 Å². The van der Waals surface area contributed by atoms with Crippen molar-refractivity contribution in [3.8, 4) is 0 Å². The number of nitrogens with one attached hydrogen (secondary N) is 1. The minimum absolute atomic E-state index is 0.425. The van der Waals surface area contributed by atoms with Gasteiger partial charge in [-0.25, -0.2) is 4.98 Å². The molecule has 1 unspecified atom stereocenters. The van der Waals surface area contributed by atoms with Crippen LogP contribution in [0.15, 0.2) is 12.5 Å². The predicted molar refractivity (Wildman–Crippen MR) is 63.7 cm³/mol. The molecule has 1 aromatic heterocycles. The summed E-state index contributed by atoms with van der Waals surface area (Å²) in [6.07, 6.45) is 5.64. The molecule has 0 spiro atoms. The number of nitrogens with zero attached hydrogens (tertiary/aromatic N) is 2. The van der Waals surface area contributed by atoms with Gasteiger partial charge < -0.3 is 9.67 Å². The van der Waals surface area contributed by atoms with Crippen LogP contribution in [0.25, 0.3) is 0 Å². The van der Waals surface area contributed by atoms with Gasteiger partial charge in [0.25, 0.3) is 0 Å². The number of aliphatic carboxylic acids is 1. The third-order valence-electron chi connectivity index (χ3n) is 2.91. The van der Waals surface area contributed by atoms with Gasteiger partial charge in [0.15, 0.2) is 0 Å². The zero-order valence-corrected chi connectivity index (χ0v) is 10.3. The van der Waals surface area contributed by atoms with Gasteiger partial charge >= 0.3 is 5.97 Å². The third-order valence-corrected chi connectivity index (χ3v) is 2.91. The number of rotatable bonds is 6. The van der Waals surface area contributed by atoms with Gasteiger partial charge in [0.1, 0.15) is 6.04 Å². The third kappa shape index (κ3) is 2.85. The maximum atomic E-state index is 11.3. The van der Waals surface area contributed by atoms with Crippen LogP contribution in [0.1, 0.15) is 44.5 Å². The molecule has 2 N–H and O–H groups in total. The molecule has 1 atom stereocenters. The molecule has 0 amide bonds. The first-order valence-corrected chi connectivity index (χ1v) is 6.07. The topological polar surface area (TPSA) is 67.2 Å². The fraction of sp³-hybridized carbons (Fsp3) is 0.667. The average molecular weight is 237 g/mol. The fourth-order valence-electron chi connectivity index (χ4n) is 1.87. The molecule has 0 saturated heterocycles. The zero-order chi connectivity index (χ0) is 12.4. The maximum absolute atomic E-state index is 11.3.